The molecule has 0 fully saturated rings. The van der Waals surface area contributed by atoms with Gasteiger partial charge in [-0.25, -0.2) is 13.4 Å². The Morgan fingerprint density at radius 2 is 1.97 bits per heavy atom. The number of anilines is 1. The summed E-state index contributed by atoms with van der Waals surface area (Å²) < 4.78 is 27.8. The van der Waals surface area contributed by atoms with E-state index in [2.05, 4.69) is 10.3 Å². The van der Waals surface area contributed by atoms with Crippen molar-refractivity contribution in [3.63, 3.8) is 0 Å². The summed E-state index contributed by atoms with van der Waals surface area (Å²) in [5, 5.41) is 3.28. The number of amides is 1. The Kier molecular flexibility index (Phi) is 5.44. The van der Waals surface area contributed by atoms with Gasteiger partial charge in [0.25, 0.3) is 5.91 Å². The molecule has 2 aromatic carbocycles. The lowest BCUT2D eigenvalue weighted by Gasteiger charge is -2.28. The number of hydrogen-bond donors (Lipinski definition) is 1. The molecule has 4 rings (SSSR count). The molecule has 0 spiro atoms. The number of sulfonamides is 1. The Labute approximate surface area is 178 Å². The minimum atomic E-state index is -3.76. The van der Waals surface area contributed by atoms with E-state index in [9.17, 15) is 13.2 Å². The van der Waals surface area contributed by atoms with Gasteiger partial charge in [0.15, 0.2) is 5.13 Å². The quantitative estimate of drug-likeness (QED) is 0.652. The van der Waals surface area contributed by atoms with E-state index < -0.39 is 15.9 Å². The van der Waals surface area contributed by atoms with E-state index in [1.54, 1.807) is 6.20 Å². The second-order valence-electron chi connectivity index (χ2n) is 6.73. The number of halogens is 1. The molecule has 0 radical (unpaired) electrons. The summed E-state index contributed by atoms with van der Waals surface area (Å²) in [6, 6.07) is 12.0. The van der Waals surface area contributed by atoms with E-state index in [1.165, 1.54) is 33.8 Å². The molecule has 6 nitrogen and oxygen atoms in total. The van der Waals surface area contributed by atoms with Crippen molar-refractivity contribution in [2.75, 3.05) is 11.9 Å². The third kappa shape index (κ3) is 4.06. The lowest BCUT2D eigenvalue weighted by atomic mass is 10.0. The second-order valence-corrected chi connectivity index (χ2v) is 10.3. The van der Waals surface area contributed by atoms with Gasteiger partial charge in [0, 0.05) is 24.2 Å². The van der Waals surface area contributed by atoms with Crippen LogP contribution < -0.4 is 5.32 Å². The summed E-state index contributed by atoms with van der Waals surface area (Å²) in [6.45, 7) is 2.58. The third-order valence-corrected chi connectivity index (χ3v) is 7.76. The Hall–Kier alpha value is -2.26. The molecule has 0 aliphatic carbocycles. The van der Waals surface area contributed by atoms with Crippen LogP contribution in [0.5, 0.6) is 0 Å². The largest absolute Gasteiger partial charge is 0.298 e. The van der Waals surface area contributed by atoms with Gasteiger partial charge in [-0.1, -0.05) is 35.9 Å². The normalized spacial score (nSPS) is 14.4. The van der Waals surface area contributed by atoms with Crippen LogP contribution in [0.4, 0.5) is 5.13 Å². The van der Waals surface area contributed by atoms with Crippen LogP contribution in [-0.4, -0.2) is 30.2 Å². The van der Waals surface area contributed by atoms with Crippen molar-refractivity contribution in [3.8, 4) is 0 Å². The lowest BCUT2D eigenvalue weighted by Crippen LogP contribution is -2.36. The van der Waals surface area contributed by atoms with E-state index >= 15 is 0 Å². The van der Waals surface area contributed by atoms with E-state index in [-0.39, 0.29) is 15.5 Å². The van der Waals surface area contributed by atoms with Gasteiger partial charge in [0.05, 0.1) is 15.5 Å². The van der Waals surface area contributed by atoms with Crippen LogP contribution in [0.3, 0.4) is 0 Å². The zero-order chi connectivity index (χ0) is 20.6. The van der Waals surface area contributed by atoms with Gasteiger partial charge in [0.1, 0.15) is 0 Å². The van der Waals surface area contributed by atoms with E-state index in [4.69, 9.17) is 11.6 Å². The molecule has 150 valence electrons. The van der Waals surface area contributed by atoms with E-state index in [0.29, 0.717) is 24.6 Å². The summed E-state index contributed by atoms with van der Waals surface area (Å²) in [5.74, 6) is -0.495. The second kappa shape index (κ2) is 7.87. The molecular formula is C20H18ClN3O3S2. The molecule has 0 saturated carbocycles. The number of nitrogens with one attached hydrogen (secondary N) is 1. The van der Waals surface area contributed by atoms with Crippen molar-refractivity contribution in [1.29, 1.82) is 0 Å². The Morgan fingerprint density at radius 3 is 2.69 bits per heavy atom. The summed E-state index contributed by atoms with van der Waals surface area (Å²) in [7, 11) is -3.76. The van der Waals surface area contributed by atoms with Crippen molar-refractivity contribution >= 4 is 44.0 Å². The Balaban J connectivity index is 1.61. The molecule has 1 N–H and O–H groups in total. The third-order valence-electron chi connectivity index (χ3n) is 4.76. The number of thiazole rings is 1. The number of nitrogens with zero attached hydrogens (tertiary/aromatic N) is 2. The summed E-state index contributed by atoms with van der Waals surface area (Å²) in [5.41, 5.74) is 2.25. The highest BCUT2D eigenvalue weighted by molar-refractivity contribution is 7.89. The van der Waals surface area contributed by atoms with Crippen LogP contribution in [0.15, 0.2) is 53.6 Å². The predicted octanol–water partition coefficient (Wildman–Crippen LogP) is 4.10. The van der Waals surface area contributed by atoms with Crippen LogP contribution >= 0.6 is 22.9 Å². The Morgan fingerprint density at radius 1 is 1.21 bits per heavy atom. The number of rotatable bonds is 4. The molecular weight excluding hydrogens is 430 g/mol. The number of fused-ring (bicyclic) bond motifs is 1. The molecule has 9 heteroatoms. The molecule has 29 heavy (non-hydrogen) atoms. The predicted molar refractivity (Wildman–Crippen MR) is 114 cm³/mol. The van der Waals surface area contributed by atoms with Crippen LogP contribution in [0.1, 0.15) is 26.4 Å². The number of aryl methyl sites for hydroxylation is 1. The first-order valence-electron chi connectivity index (χ1n) is 8.95. The number of carbonyl (C=O) groups excluding carboxylic acids is 1. The van der Waals surface area contributed by atoms with Crippen LogP contribution in [-0.2, 0) is 23.0 Å². The molecule has 0 bridgehead atoms. The molecule has 2 heterocycles. The van der Waals surface area contributed by atoms with Crippen molar-refractivity contribution in [2.24, 2.45) is 0 Å². The van der Waals surface area contributed by atoms with Gasteiger partial charge in [-0.3, -0.25) is 10.1 Å². The van der Waals surface area contributed by atoms with E-state index in [1.807, 2.05) is 31.2 Å². The number of hydrogen-bond acceptors (Lipinski definition) is 5. The highest BCUT2D eigenvalue weighted by Crippen LogP contribution is 2.28. The first kappa shape index (κ1) is 20.0. The van der Waals surface area contributed by atoms with Crippen molar-refractivity contribution in [2.45, 2.75) is 24.8 Å². The highest BCUT2D eigenvalue weighted by atomic mass is 35.5. The van der Waals surface area contributed by atoms with Gasteiger partial charge in [-0.2, -0.15) is 4.31 Å². The van der Waals surface area contributed by atoms with Crippen LogP contribution in [0, 0.1) is 6.92 Å². The minimum absolute atomic E-state index is 0.0433. The van der Waals surface area contributed by atoms with Gasteiger partial charge in [0.2, 0.25) is 10.0 Å². The molecule has 1 aliphatic heterocycles. The fourth-order valence-corrected chi connectivity index (χ4v) is 5.55. The molecule has 3 aromatic rings. The summed E-state index contributed by atoms with van der Waals surface area (Å²) >= 11 is 7.51. The van der Waals surface area contributed by atoms with Crippen molar-refractivity contribution in [1.82, 2.24) is 9.29 Å². The number of aromatic nitrogens is 1. The summed E-state index contributed by atoms with van der Waals surface area (Å²) in [6.07, 6.45) is 2.30. The van der Waals surface area contributed by atoms with Crippen LogP contribution in [0.25, 0.3) is 0 Å². The van der Waals surface area contributed by atoms with Gasteiger partial charge in [-0.05, 0) is 42.7 Å². The maximum atomic E-state index is 13.2. The van der Waals surface area contributed by atoms with Gasteiger partial charge in [-0.15, -0.1) is 11.3 Å². The topological polar surface area (TPSA) is 79.4 Å². The smallest absolute Gasteiger partial charge is 0.259 e. The fourth-order valence-electron chi connectivity index (χ4n) is 3.24. The SMILES string of the molecule is Cc1cnc(NC(=O)c2cc(S(=O)(=O)N3CCc4ccccc4C3)ccc2Cl)s1. The molecule has 0 unspecified atom stereocenters. The first-order chi connectivity index (χ1) is 13.8. The maximum absolute atomic E-state index is 13.2. The maximum Gasteiger partial charge on any atom is 0.259 e. The number of benzene rings is 2. The zero-order valence-electron chi connectivity index (χ0n) is 15.6. The standard InChI is InChI=1S/C20H18ClN3O3S2/c1-13-11-22-20(28-13)23-19(25)17-10-16(6-7-18(17)21)29(26,27)24-9-8-14-4-2-3-5-15(14)12-24/h2-7,10-11H,8-9,12H2,1H3,(H,22,23,25). The number of carbonyl (C=O) groups is 1. The van der Waals surface area contributed by atoms with E-state index in [0.717, 1.165) is 16.0 Å². The zero-order valence-corrected chi connectivity index (χ0v) is 17.9. The summed E-state index contributed by atoms with van der Waals surface area (Å²) in [4.78, 5) is 17.7. The highest BCUT2D eigenvalue weighted by Gasteiger charge is 2.29. The van der Waals surface area contributed by atoms with Gasteiger partial charge < -0.3 is 0 Å². The molecule has 1 amide bonds. The molecule has 1 aliphatic rings. The molecule has 0 atom stereocenters. The molecule has 0 saturated heterocycles. The average Bonchev–Trinajstić information content (AvgIpc) is 3.12. The average molecular weight is 448 g/mol. The molecule has 1 aromatic heterocycles. The minimum Gasteiger partial charge on any atom is -0.298 e. The van der Waals surface area contributed by atoms with Gasteiger partial charge >= 0.3 is 0 Å². The Bertz CT molecular complexity index is 1190. The van der Waals surface area contributed by atoms with Crippen molar-refractivity contribution in [3.05, 3.63) is 75.3 Å². The first-order valence-corrected chi connectivity index (χ1v) is 11.6. The fraction of sp³-hybridized carbons (Fsp3) is 0.200. The monoisotopic (exact) mass is 447 g/mol. The van der Waals surface area contributed by atoms with Crippen LogP contribution in [0.2, 0.25) is 5.02 Å². The van der Waals surface area contributed by atoms with Crippen molar-refractivity contribution < 1.29 is 13.2 Å². The lowest BCUT2D eigenvalue weighted by molar-refractivity contribution is 0.102.